The van der Waals surface area contributed by atoms with Crippen molar-refractivity contribution in [2.24, 2.45) is 0 Å². The highest BCUT2D eigenvalue weighted by molar-refractivity contribution is 6.30. The monoisotopic (exact) mass is 580 g/mol. The molecule has 1 N–H and O–H groups in total. The molecule has 7 heteroatoms. The van der Waals surface area contributed by atoms with Crippen LogP contribution in [0.2, 0.25) is 5.02 Å². The highest BCUT2D eigenvalue weighted by Gasteiger charge is 2.38. The number of hydrogen-bond donors (Lipinski definition) is 1. The second-order valence-electron chi connectivity index (χ2n) is 9.91. The number of allylic oxidation sites excluding steroid dienone is 3. The molecule has 1 aliphatic heterocycles. The minimum Gasteiger partial charge on any atom is -0.461 e. The fourth-order valence-corrected chi connectivity index (χ4v) is 5.36. The number of nitriles is 1. The Morgan fingerprint density at radius 3 is 2.05 bits per heavy atom. The lowest BCUT2D eigenvalue weighted by Gasteiger charge is -2.30. The maximum absolute atomic E-state index is 13.5. The molecule has 0 amide bonds. The number of hydrogen-bond acceptors (Lipinski definition) is 6. The van der Waals surface area contributed by atoms with Crippen LogP contribution in [-0.2, 0) is 19.1 Å². The van der Waals surface area contributed by atoms with Gasteiger partial charge >= 0.3 is 11.9 Å². The van der Waals surface area contributed by atoms with Crippen LogP contribution in [0.15, 0.2) is 120 Å². The standard InChI is InChI=1S/C35H33ClN2O4/c1-24-31(33(28-17-11-18-29(36)23-28)32(25(2)38-24)35(40)42-22-12-20-37)34(39)41-21-10-9-19-30(26-13-5-3-6-14-26)27-15-7-4-8-16-27/h3-11,13-18,23,30,33,38H,12,19,21-22H2,1-2H3. The fraction of sp³-hybridized carbons (Fsp3) is 0.229. The fourth-order valence-electron chi connectivity index (χ4n) is 5.16. The summed E-state index contributed by atoms with van der Waals surface area (Å²) >= 11 is 6.30. The first kappa shape index (κ1) is 30.4. The van der Waals surface area contributed by atoms with Crippen LogP contribution in [0.25, 0.3) is 0 Å². The number of benzene rings is 3. The Balaban J connectivity index is 1.52. The molecular weight excluding hydrogens is 548 g/mol. The lowest BCUT2D eigenvalue weighted by Crippen LogP contribution is -2.32. The van der Waals surface area contributed by atoms with E-state index in [1.165, 1.54) is 11.1 Å². The summed E-state index contributed by atoms with van der Waals surface area (Å²) in [5, 5.41) is 12.5. The van der Waals surface area contributed by atoms with Gasteiger partial charge < -0.3 is 14.8 Å². The predicted octanol–water partition coefficient (Wildman–Crippen LogP) is 7.35. The minimum atomic E-state index is -0.753. The van der Waals surface area contributed by atoms with E-state index in [4.69, 9.17) is 26.3 Å². The molecule has 1 aliphatic rings. The van der Waals surface area contributed by atoms with E-state index in [9.17, 15) is 9.59 Å². The predicted molar refractivity (Wildman–Crippen MR) is 163 cm³/mol. The van der Waals surface area contributed by atoms with Gasteiger partial charge in [0.1, 0.15) is 13.2 Å². The van der Waals surface area contributed by atoms with Gasteiger partial charge in [0, 0.05) is 22.3 Å². The molecule has 0 aromatic heterocycles. The molecule has 1 unspecified atom stereocenters. The first-order valence-electron chi connectivity index (χ1n) is 13.8. The molecule has 0 bridgehead atoms. The zero-order valence-corrected chi connectivity index (χ0v) is 24.4. The van der Waals surface area contributed by atoms with E-state index < -0.39 is 17.9 Å². The summed E-state index contributed by atoms with van der Waals surface area (Å²) in [6.07, 6.45) is 4.67. The van der Waals surface area contributed by atoms with Crippen molar-refractivity contribution in [1.82, 2.24) is 5.32 Å². The molecule has 0 radical (unpaired) electrons. The molecule has 42 heavy (non-hydrogen) atoms. The molecule has 3 aromatic rings. The van der Waals surface area contributed by atoms with Gasteiger partial charge in [0.2, 0.25) is 0 Å². The van der Waals surface area contributed by atoms with Crippen molar-refractivity contribution in [1.29, 1.82) is 5.26 Å². The normalized spacial score (nSPS) is 15.0. The molecule has 1 heterocycles. The van der Waals surface area contributed by atoms with Crippen LogP contribution in [0.5, 0.6) is 0 Å². The molecule has 214 valence electrons. The zero-order chi connectivity index (χ0) is 29.9. The molecule has 0 saturated carbocycles. The van der Waals surface area contributed by atoms with Crippen molar-refractivity contribution < 1.29 is 19.1 Å². The van der Waals surface area contributed by atoms with E-state index in [1.807, 2.05) is 60.7 Å². The lowest BCUT2D eigenvalue weighted by atomic mass is 9.80. The summed E-state index contributed by atoms with van der Waals surface area (Å²) in [5.74, 6) is -1.74. The smallest absolute Gasteiger partial charge is 0.337 e. The highest BCUT2D eigenvalue weighted by atomic mass is 35.5. The second-order valence-corrected chi connectivity index (χ2v) is 10.4. The number of halogens is 1. The van der Waals surface area contributed by atoms with Crippen LogP contribution in [0.3, 0.4) is 0 Å². The van der Waals surface area contributed by atoms with E-state index >= 15 is 0 Å². The number of esters is 2. The summed E-state index contributed by atoms with van der Waals surface area (Å²) in [6.45, 7) is 3.55. The van der Waals surface area contributed by atoms with Gasteiger partial charge in [-0.05, 0) is 49.1 Å². The SMILES string of the molecule is CC1=C(C(=O)OCC=CCC(c2ccccc2)c2ccccc2)C(c2cccc(Cl)c2)C(C(=O)OCCC#N)=C(C)N1. The molecule has 1 atom stereocenters. The van der Waals surface area contributed by atoms with Crippen molar-refractivity contribution in [3.05, 3.63) is 141 Å². The van der Waals surface area contributed by atoms with Crippen LogP contribution in [-0.4, -0.2) is 25.2 Å². The van der Waals surface area contributed by atoms with Crippen molar-refractivity contribution in [3.63, 3.8) is 0 Å². The third kappa shape index (κ3) is 7.57. The van der Waals surface area contributed by atoms with Crippen LogP contribution >= 0.6 is 11.6 Å². The van der Waals surface area contributed by atoms with Gasteiger partial charge in [-0.25, -0.2) is 9.59 Å². The number of ether oxygens (including phenoxy) is 2. The van der Waals surface area contributed by atoms with Gasteiger partial charge in [-0.1, -0.05) is 96.5 Å². The van der Waals surface area contributed by atoms with Crippen molar-refractivity contribution >= 4 is 23.5 Å². The van der Waals surface area contributed by atoms with Crippen molar-refractivity contribution in [2.45, 2.75) is 38.5 Å². The van der Waals surface area contributed by atoms with Gasteiger partial charge in [-0.2, -0.15) is 5.26 Å². The third-order valence-corrected chi connectivity index (χ3v) is 7.32. The Labute approximate surface area is 251 Å². The van der Waals surface area contributed by atoms with Gasteiger partial charge in [0.25, 0.3) is 0 Å². The molecule has 0 aliphatic carbocycles. The van der Waals surface area contributed by atoms with Crippen LogP contribution in [0.4, 0.5) is 0 Å². The summed E-state index contributed by atoms with van der Waals surface area (Å²) in [5.41, 5.74) is 4.79. The topological polar surface area (TPSA) is 88.4 Å². The largest absolute Gasteiger partial charge is 0.461 e. The highest BCUT2D eigenvalue weighted by Crippen LogP contribution is 2.40. The van der Waals surface area contributed by atoms with Gasteiger partial charge in [0.05, 0.1) is 29.6 Å². The molecule has 4 rings (SSSR count). The first-order chi connectivity index (χ1) is 20.4. The summed E-state index contributed by atoms with van der Waals surface area (Å²) in [6, 6.07) is 29.6. The molecule has 0 spiro atoms. The third-order valence-electron chi connectivity index (χ3n) is 7.08. The van der Waals surface area contributed by atoms with Crippen LogP contribution < -0.4 is 5.32 Å². The van der Waals surface area contributed by atoms with Gasteiger partial charge in [-0.3, -0.25) is 0 Å². The quantitative estimate of drug-likeness (QED) is 0.145. The minimum absolute atomic E-state index is 0.0470. The Hall–Kier alpha value is -4.60. The Kier molecular flexibility index (Phi) is 10.7. The summed E-state index contributed by atoms with van der Waals surface area (Å²) in [7, 11) is 0. The van der Waals surface area contributed by atoms with Crippen molar-refractivity contribution in [2.75, 3.05) is 13.2 Å². The lowest BCUT2D eigenvalue weighted by molar-refractivity contribution is -0.139. The van der Waals surface area contributed by atoms with Gasteiger partial charge in [0.15, 0.2) is 0 Å². The van der Waals surface area contributed by atoms with E-state index in [1.54, 1.807) is 32.0 Å². The number of dihydropyridines is 1. The van der Waals surface area contributed by atoms with Crippen molar-refractivity contribution in [3.8, 4) is 6.07 Å². The van der Waals surface area contributed by atoms with E-state index in [0.717, 1.165) is 6.42 Å². The van der Waals surface area contributed by atoms with E-state index in [-0.39, 0.29) is 31.1 Å². The van der Waals surface area contributed by atoms with Crippen LogP contribution in [0.1, 0.15) is 55.2 Å². The van der Waals surface area contributed by atoms with Gasteiger partial charge in [-0.15, -0.1) is 0 Å². The molecule has 0 fully saturated rings. The first-order valence-corrected chi connectivity index (χ1v) is 14.2. The number of rotatable bonds is 11. The average Bonchev–Trinajstić information content (AvgIpc) is 2.99. The number of nitrogens with one attached hydrogen (secondary N) is 1. The number of carbonyl (C=O) groups is 2. The summed E-state index contributed by atoms with van der Waals surface area (Å²) < 4.78 is 11.1. The maximum Gasteiger partial charge on any atom is 0.337 e. The maximum atomic E-state index is 13.5. The summed E-state index contributed by atoms with van der Waals surface area (Å²) in [4.78, 5) is 26.7. The average molecular weight is 581 g/mol. The van der Waals surface area contributed by atoms with E-state index in [2.05, 4.69) is 29.6 Å². The Morgan fingerprint density at radius 1 is 0.881 bits per heavy atom. The van der Waals surface area contributed by atoms with E-state index in [0.29, 0.717) is 27.6 Å². The molecule has 3 aromatic carbocycles. The molecular formula is C35H33ClN2O4. The Bertz CT molecular complexity index is 1500. The second kappa shape index (κ2) is 14.9. The number of carbonyl (C=O) groups excluding carboxylic acids is 2. The molecule has 6 nitrogen and oxygen atoms in total. The Morgan fingerprint density at radius 2 is 1.48 bits per heavy atom. The zero-order valence-electron chi connectivity index (χ0n) is 23.7. The number of nitrogens with zero attached hydrogens (tertiary/aromatic N) is 1. The van der Waals surface area contributed by atoms with Crippen LogP contribution in [0, 0.1) is 11.3 Å². The molecule has 0 saturated heterocycles.